The molecule has 0 aromatic rings. The summed E-state index contributed by atoms with van der Waals surface area (Å²) in [6, 6.07) is -0.819. The van der Waals surface area contributed by atoms with Gasteiger partial charge in [0.25, 0.3) is 0 Å². The van der Waals surface area contributed by atoms with Gasteiger partial charge in [-0.15, -0.1) is 0 Å². The van der Waals surface area contributed by atoms with Gasteiger partial charge in [-0.3, -0.25) is 0 Å². The van der Waals surface area contributed by atoms with E-state index in [-0.39, 0.29) is 13.2 Å². The van der Waals surface area contributed by atoms with Crippen LogP contribution in [0, 0.1) is 0 Å². The van der Waals surface area contributed by atoms with Crippen molar-refractivity contribution < 1.29 is 24.2 Å². The first-order valence-electron chi connectivity index (χ1n) is 6.44. The van der Waals surface area contributed by atoms with E-state index < -0.39 is 18.2 Å². The molecular weight excluding hydrogens is 270 g/mol. The first kappa shape index (κ1) is 18.2. The maximum Gasteiger partial charge on any atom is 0.516 e. The highest BCUT2D eigenvalue weighted by molar-refractivity contribution is 7.99. The minimum Gasteiger partial charge on any atom is -0.434 e. The van der Waals surface area contributed by atoms with Gasteiger partial charge in [0, 0.05) is 6.61 Å². The Bertz CT molecular complexity index is 263. The van der Waals surface area contributed by atoms with Gasteiger partial charge in [0.1, 0.15) is 6.04 Å². The van der Waals surface area contributed by atoms with Crippen LogP contribution in [0.4, 0.5) is 4.79 Å². The fourth-order valence-corrected chi connectivity index (χ4v) is 2.04. The number of thioether (sulfide) groups is 1. The lowest BCUT2D eigenvalue weighted by atomic mass is 10.2. The third-order valence-corrected chi connectivity index (χ3v) is 3.33. The van der Waals surface area contributed by atoms with Crippen molar-refractivity contribution in [1.29, 1.82) is 0 Å². The number of hydrogen-bond acceptors (Lipinski definition) is 7. The molecule has 0 aliphatic carbocycles. The van der Waals surface area contributed by atoms with E-state index in [4.69, 9.17) is 15.6 Å². The summed E-state index contributed by atoms with van der Waals surface area (Å²) in [5.41, 5.74) is 5.59. The zero-order valence-corrected chi connectivity index (χ0v) is 12.1. The van der Waals surface area contributed by atoms with Crippen LogP contribution in [0.2, 0.25) is 0 Å². The lowest BCUT2D eigenvalue weighted by Gasteiger charge is -2.10. The summed E-state index contributed by atoms with van der Waals surface area (Å²) in [5.74, 6) is 0.739. The average Bonchev–Trinajstić information content (AvgIpc) is 2.38. The Kier molecular flexibility index (Phi) is 11.7. The van der Waals surface area contributed by atoms with Gasteiger partial charge in [-0.05, 0) is 30.8 Å². The zero-order chi connectivity index (χ0) is 14.5. The molecule has 0 aliphatic rings. The number of unbranched alkanes of at least 4 members (excludes halogenated alkanes) is 1. The van der Waals surface area contributed by atoms with Crippen LogP contribution in [0.5, 0.6) is 0 Å². The van der Waals surface area contributed by atoms with E-state index in [9.17, 15) is 9.59 Å². The molecule has 6 nitrogen and oxygen atoms in total. The Morgan fingerprint density at radius 1 is 1.32 bits per heavy atom. The molecule has 0 amide bonds. The van der Waals surface area contributed by atoms with Gasteiger partial charge in [0.05, 0.1) is 6.61 Å². The van der Waals surface area contributed by atoms with E-state index in [1.54, 1.807) is 11.8 Å². The van der Waals surface area contributed by atoms with Gasteiger partial charge in [-0.1, -0.05) is 13.3 Å². The summed E-state index contributed by atoms with van der Waals surface area (Å²) in [6.45, 7) is 2.36. The molecule has 0 bridgehead atoms. The molecule has 0 spiro atoms. The molecule has 0 saturated carbocycles. The van der Waals surface area contributed by atoms with Crippen molar-refractivity contribution in [2.24, 2.45) is 5.73 Å². The second kappa shape index (κ2) is 12.3. The number of rotatable bonds is 10. The molecule has 0 saturated heterocycles. The number of aliphatic hydroxyl groups is 1. The van der Waals surface area contributed by atoms with E-state index in [0.29, 0.717) is 18.6 Å². The minimum atomic E-state index is -0.984. The molecule has 0 aliphatic heterocycles. The highest BCUT2D eigenvalue weighted by Crippen LogP contribution is 2.06. The molecule has 3 N–H and O–H groups in total. The summed E-state index contributed by atoms with van der Waals surface area (Å²) in [7, 11) is 0. The summed E-state index contributed by atoms with van der Waals surface area (Å²) in [4.78, 5) is 22.5. The summed E-state index contributed by atoms with van der Waals surface area (Å²) >= 11 is 1.60. The highest BCUT2D eigenvalue weighted by Gasteiger charge is 2.19. The Labute approximate surface area is 118 Å². The summed E-state index contributed by atoms with van der Waals surface area (Å²) in [5, 5.41) is 8.59. The molecular formula is C12H23NO5S. The fourth-order valence-electron chi connectivity index (χ4n) is 1.08. The van der Waals surface area contributed by atoms with Crippen molar-refractivity contribution in [3.63, 3.8) is 0 Å². The second-order valence-electron chi connectivity index (χ2n) is 3.96. The smallest absolute Gasteiger partial charge is 0.434 e. The van der Waals surface area contributed by atoms with Gasteiger partial charge < -0.3 is 20.3 Å². The minimum absolute atomic E-state index is 0.157. The second-order valence-corrected chi connectivity index (χ2v) is 5.18. The van der Waals surface area contributed by atoms with Crippen molar-refractivity contribution in [1.82, 2.24) is 0 Å². The third kappa shape index (κ3) is 10.8. The number of esters is 1. The first-order valence-corrected chi connectivity index (χ1v) is 7.59. The highest BCUT2D eigenvalue weighted by atomic mass is 32.2. The average molecular weight is 293 g/mol. The van der Waals surface area contributed by atoms with Crippen molar-refractivity contribution in [2.45, 2.75) is 38.6 Å². The molecule has 19 heavy (non-hydrogen) atoms. The Balaban J connectivity index is 3.65. The third-order valence-electron chi connectivity index (χ3n) is 2.22. The summed E-state index contributed by atoms with van der Waals surface area (Å²) < 4.78 is 9.15. The van der Waals surface area contributed by atoms with E-state index in [0.717, 1.165) is 18.6 Å². The number of nitrogens with two attached hydrogens (primary N) is 1. The van der Waals surface area contributed by atoms with E-state index >= 15 is 0 Å². The maximum absolute atomic E-state index is 11.4. The van der Waals surface area contributed by atoms with Crippen molar-refractivity contribution >= 4 is 23.9 Å². The Morgan fingerprint density at radius 2 is 2.05 bits per heavy atom. The number of hydrogen-bond donors (Lipinski definition) is 2. The van der Waals surface area contributed by atoms with Gasteiger partial charge in [-0.2, -0.15) is 11.8 Å². The molecule has 0 radical (unpaired) electrons. The number of carbonyl (C=O) groups is 2. The van der Waals surface area contributed by atoms with Crippen molar-refractivity contribution in [2.75, 3.05) is 24.7 Å². The van der Waals surface area contributed by atoms with Crippen LogP contribution in [0.1, 0.15) is 32.6 Å². The van der Waals surface area contributed by atoms with Crippen LogP contribution in [-0.2, 0) is 14.3 Å². The molecule has 0 fully saturated rings. The standard InChI is InChI=1S/C12H23NO5S/c1-2-3-7-17-12(16)18-11(15)10(13)5-9-19-8-4-6-14/h10,14H,2-9,13H2,1H3/t10-/m0/s1. The molecule has 0 unspecified atom stereocenters. The number of aliphatic hydroxyl groups excluding tert-OH is 1. The van der Waals surface area contributed by atoms with Crippen LogP contribution in [0.25, 0.3) is 0 Å². The Morgan fingerprint density at radius 3 is 2.68 bits per heavy atom. The van der Waals surface area contributed by atoms with Gasteiger partial charge >= 0.3 is 12.1 Å². The van der Waals surface area contributed by atoms with Gasteiger partial charge in [0.15, 0.2) is 0 Å². The SMILES string of the molecule is CCCCOC(=O)OC(=O)[C@@H](N)CCSCCCO. The molecule has 0 aromatic heterocycles. The monoisotopic (exact) mass is 293 g/mol. The number of ether oxygens (including phenoxy) is 2. The van der Waals surface area contributed by atoms with E-state index in [2.05, 4.69) is 4.74 Å². The van der Waals surface area contributed by atoms with Crippen LogP contribution >= 0.6 is 11.8 Å². The van der Waals surface area contributed by atoms with Crippen molar-refractivity contribution in [3.05, 3.63) is 0 Å². The van der Waals surface area contributed by atoms with Crippen LogP contribution in [0.3, 0.4) is 0 Å². The lowest BCUT2D eigenvalue weighted by molar-refractivity contribution is -0.141. The lowest BCUT2D eigenvalue weighted by Crippen LogP contribution is -2.34. The maximum atomic E-state index is 11.4. The molecule has 0 rings (SSSR count). The molecule has 1 atom stereocenters. The predicted octanol–water partition coefficient (Wildman–Crippen LogP) is 1.30. The topological polar surface area (TPSA) is 98.9 Å². The predicted molar refractivity (Wildman–Crippen MR) is 74.0 cm³/mol. The van der Waals surface area contributed by atoms with E-state index in [1.165, 1.54) is 0 Å². The van der Waals surface area contributed by atoms with E-state index in [1.807, 2.05) is 6.92 Å². The van der Waals surface area contributed by atoms with Crippen LogP contribution in [-0.4, -0.2) is 48.0 Å². The van der Waals surface area contributed by atoms with Gasteiger partial charge in [-0.25, -0.2) is 9.59 Å². The molecule has 112 valence electrons. The first-order chi connectivity index (χ1) is 9.11. The zero-order valence-electron chi connectivity index (χ0n) is 11.3. The summed E-state index contributed by atoms with van der Waals surface area (Å²) in [6.07, 6.45) is 1.79. The molecule has 0 aromatic carbocycles. The van der Waals surface area contributed by atoms with Gasteiger partial charge in [0.2, 0.25) is 0 Å². The fraction of sp³-hybridized carbons (Fsp3) is 0.833. The largest absolute Gasteiger partial charge is 0.516 e. The quantitative estimate of drug-likeness (QED) is 0.356. The molecule has 0 heterocycles. The number of carbonyl (C=O) groups excluding carboxylic acids is 2. The van der Waals surface area contributed by atoms with Crippen molar-refractivity contribution in [3.8, 4) is 0 Å². The Hall–Kier alpha value is -0.790. The van der Waals surface area contributed by atoms with Crippen LogP contribution < -0.4 is 5.73 Å². The van der Waals surface area contributed by atoms with Crippen LogP contribution in [0.15, 0.2) is 0 Å². The molecule has 7 heteroatoms. The normalized spacial score (nSPS) is 11.9.